The van der Waals surface area contributed by atoms with Crippen LogP contribution in [0, 0.1) is 0 Å². The van der Waals surface area contributed by atoms with Gasteiger partial charge in [-0.05, 0) is 13.3 Å². The first-order valence-electron chi connectivity index (χ1n) is 14.1. The third-order valence-corrected chi connectivity index (χ3v) is 6.95. The third-order valence-electron chi connectivity index (χ3n) is 5.99. The lowest BCUT2D eigenvalue weighted by atomic mass is 10.0. The van der Waals surface area contributed by atoms with Crippen molar-refractivity contribution < 1.29 is 37.3 Å². The molecule has 0 aliphatic carbocycles. The fourth-order valence-corrected chi connectivity index (χ4v) is 4.64. The molecule has 1 N–H and O–H groups in total. The summed E-state index contributed by atoms with van der Waals surface area (Å²) in [6.45, 7) is 6.16. The summed E-state index contributed by atoms with van der Waals surface area (Å²) in [5.41, 5.74) is -1.16. The van der Waals surface area contributed by atoms with Crippen molar-refractivity contribution >= 4 is 13.8 Å². The molecule has 0 aromatic carbocycles. The maximum Gasteiger partial charge on any atom is 0.472 e. The highest BCUT2D eigenvalue weighted by molar-refractivity contribution is 7.47. The Balaban J connectivity index is 3.94. The number of ether oxygens (including phenoxy) is 2. The van der Waals surface area contributed by atoms with Crippen LogP contribution in [0.4, 0.5) is 0 Å². The molecule has 1 unspecified atom stereocenters. The molecule has 8 nitrogen and oxygen atoms in total. The van der Waals surface area contributed by atoms with Crippen molar-refractivity contribution in [3.63, 3.8) is 0 Å². The number of phosphoric acid groups is 1. The van der Waals surface area contributed by atoms with Crippen molar-refractivity contribution in [2.24, 2.45) is 0 Å². The number of esters is 1. The Morgan fingerprint density at radius 3 is 1.69 bits per heavy atom. The van der Waals surface area contributed by atoms with Gasteiger partial charge in [0.15, 0.2) is 5.60 Å². The van der Waals surface area contributed by atoms with Crippen molar-refractivity contribution in [3.8, 4) is 0 Å². The van der Waals surface area contributed by atoms with Crippen LogP contribution in [0.15, 0.2) is 0 Å². The second kappa shape index (κ2) is 20.5. The smallest absolute Gasteiger partial charge is 0.455 e. The van der Waals surface area contributed by atoms with Crippen LogP contribution < -0.4 is 0 Å². The molecule has 0 heterocycles. The number of quaternary nitrogens is 1. The van der Waals surface area contributed by atoms with E-state index in [1.54, 1.807) is 6.92 Å². The van der Waals surface area contributed by atoms with Gasteiger partial charge in [0.25, 0.3) is 0 Å². The van der Waals surface area contributed by atoms with E-state index in [-0.39, 0.29) is 19.8 Å². The van der Waals surface area contributed by atoms with E-state index in [1.165, 1.54) is 84.0 Å². The largest absolute Gasteiger partial charge is 0.472 e. The van der Waals surface area contributed by atoms with Crippen LogP contribution in [0.1, 0.15) is 111 Å². The highest BCUT2D eigenvalue weighted by Crippen LogP contribution is 2.44. The van der Waals surface area contributed by atoms with Gasteiger partial charge >= 0.3 is 13.8 Å². The number of hydrogen-bond acceptors (Lipinski definition) is 6. The quantitative estimate of drug-likeness (QED) is 0.0602. The van der Waals surface area contributed by atoms with Crippen molar-refractivity contribution in [2.45, 2.75) is 116 Å². The van der Waals surface area contributed by atoms with E-state index >= 15 is 0 Å². The average Bonchev–Trinajstić information content (AvgIpc) is 2.76. The number of likely N-dealkylation sites (N-methyl/N-ethyl adjacent to an activating group) is 1. The monoisotopic (exact) mass is 538 g/mol. The summed E-state index contributed by atoms with van der Waals surface area (Å²) in [7, 11) is 1.62. The van der Waals surface area contributed by atoms with Crippen molar-refractivity contribution in [1.82, 2.24) is 0 Å². The molecule has 36 heavy (non-hydrogen) atoms. The fourth-order valence-electron chi connectivity index (χ4n) is 3.82. The zero-order valence-corrected chi connectivity index (χ0v) is 25.1. The van der Waals surface area contributed by atoms with Crippen LogP contribution in [0.25, 0.3) is 0 Å². The van der Waals surface area contributed by atoms with Crippen molar-refractivity contribution in [3.05, 3.63) is 0 Å². The number of hydrogen-bond donors (Lipinski definition) is 1. The summed E-state index contributed by atoms with van der Waals surface area (Å²) in [4.78, 5) is 21.5. The molecule has 0 bridgehead atoms. The Hall–Kier alpha value is -0.500. The zero-order chi connectivity index (χ0) is 27.3. The van der Waals surface area contributed by atoms with E-state index in [4.69, 9.17) is 18.5 Å². The minimum Gasteiger partial charge on any atom is -0.455 e. The first-order valence-corrected chi connectivity index (χ1v) is 15.6. The van der Waals surface area contributed by atoms with Gasteiger partial charge in [0.1, 0.15) is 19.8 Å². The molecule has 2 atom stereocenters. The summed E-state index contributed by atoms with van der Waals surface area (Å²) in [5.74, 6) is -0.500. The molecule has 0 spiro atoms. The number of unbranched alkanes of at least 4 members (excludes halogenated alkanes) is 13. The van der Waals surface area contributed by atoms with E-state index in [0.717, 1.165) is 12.8 Å². The van der Waals surface area contributed by atoms with Gasteiger partial charge in [-0.25, -0.2) is 4.57 Å². The summed E-state index contributed by atoms with van der Waals surface area (Å²) in [6, 6.07) is 0. The Bertz CT molecular complexity index is 597. The Kier molecular flexibility index (Phi) is 20.2. The third kappa shape index (κ3) is 23.9. The van der Waals surface area contributed by atoms with Crippen LogP contribution >= 0.6 is 7.82 Å². The van der Waals surface area contributed by atoms with E-state index < -0.39 is 19.4 Å². The minimum absolute atomic E-state index is 0.0805. The number of rotatable bonds is 25. The molecule has 0 saturated heterocycles. The molecule has 0 aromatic rings. The standard InChI is InChI=1S/C27H56NO7P/c1-7-8-9-10-11-12-13-14-15-16-17-18-19-20-22-32-24-27(3,35-26(2)29)25-34-36(30,31)33-23-21-28(4,5)6/h7-25H2,1-6H3/p+1/t27-/m1/s1. The molecule has 9 heteroatoms. The van der Waals surface area contributed by atoms with Gasteiger partial charge in [0.2, 0.25) is 0 Å². The number of carbonyl (C=O) groups is 1. The maximum atomic E-state index is 12.2. The first-order chi connectivity index (χ1) is 16.9. The van der Waals surface area contributed by atoms with Gasteiger partial charge in [0.05, 0.1) is 27.7 Å². The topological polar surface area (TPSA) is 91.3 Å². The Morgan fingerprint density at radius 2 is 1.25 bits per heavy atom. The molecule has 0 aromatic heterocycles. The highest BCUT2D eigenvalue weighted by atomic mass is 31.2. The zero-order valence-electron chi connectivity index (χ0n) is 24.2. The van der Waals surface area contributed by atoms with Gasteiger partial charge in [-0.1, -0.05) is 90.4 Å². The Labute approximate surface area is 221 Å². The van der Waals surface area contributed by atoms with Crippen LogP contribution in [0.2, 0.25) is 0 Å². The van der Waals surface area contributed by atoms with Gasteiger partial charge < -0.3 is 18.9 Å². The van der Waals surface area contributed by atoms with Crippen molar-refractivity contribution in [2.75, 3.05) is 54.1 Å². The Morgan fingerprint density at radius 1 is 0.778 bits per heavy atom. The maximum absolute atomic E-state index is 12.2. The van der Waals surface area contributed by atoms with E-state index in [0.29, 0.717) is 17.6 Å². The number of phosphoric ester groups is 1. The molecule has 216 valence electrons. The minimum atomic E-state index is -4.25. The second-order valence-corrected chi connectivity index (χ2v) is 12.7. The second-order valence-electron chi connectivity index (χ2n) is 11.3. The summed E-state index contributed by atoms with van der Waals surface area (Å²) >= 11 is 0. The molecule has 0 aliphatic heterocycles. The molecule has 0 amide bonds. The highest BCUT2D eigenvalue weighted by Gasteiger charge is 2.34. The normalized spacial score (nSPS) is 15.4. The lowest BCUT2D eigenvalue weighted by Crippen LogP contribution is -2.41. The molecule has 0 aliphatic rings. The van der Waals surface area contributed by atoms with E-state index in [2.05, 4.69) is 6.92 Å². The van der Waals surface area contributed by atoms with E-state index in [9.17, 15) is 14.3 Å². The average molecular weight is 539 g/mol. The SMILES string of the molecule is CCCCCCCCCCCCCCCCOC[C@](C)(COP(=O)(O)OCC[N+](C)(C)C)OC(C)=O. The first kappa shape index (κ1) is 35.5. The summed E-state index contributed by atoms with van der Waals surface area (Å²) < 4.78 is 34.0. The summed E-state index contributed by atoms with van der Waals surface area (Å²) in [5, 5.41) is 0. The fraction of sp³-hybridized carbons (Fsp3) is 0.963. The predicted octanol–water partition coefficient (Wildman–Crippen LogP) is 6.65. The molecule has 0 saturated carbocycles. The molecule has 0 rings (SSSR count). The number of carbonyl (C=O) groups excluding carboxylic acids is 1. The molecular weight excluding hydrogens is 481 g/mol. The number of nitrogens with zero attached hydrogens (tertiary/aromatic N) is 1. The summed E-state index contributed by atoms with van der Waals surface area (Å²) in [6.07, 6.45) is 18.1. The molecular formula is C27H57NO7P+. The predicted molar refractivity (Wildman–Crippen MR) is 146 cm³/mol. The van der Waals surface area contributed by atoms with Gasteiger partial charge in [-0.3, -0.25) is 13.8 Å². The van der Waals surface area contributed by atoms with Crippen LogP contribution in [0.5, 0.6) is 0 Å². The van der Waals surface area contributed by atoms with Crippen LogP contribution in [0.3, 0.4) is 0 Å². The molecule has 0 radical (unpaired) electrons. The van der Waals surface area contributed by atoms with Crippen molar-refractivity contribution in [1.29, 1.82) is 0 Å². The van der Waals surface area contributed by atoms with Gasteiger partial charge in [-0.15, -0.1) is 0 Å². The molecule has 0 fully saturated rings. The van der Waals surface area contributed by atoms with Crippen LogP contribution in [-0.2, 0) is 27.9 Å². The lowest BCUT2D eigenvalue weighted by molar-refractivity contribution is -0.870. The van der Waals surface area contributed by atoms with Gasteiger partial charge in [-0.2, -0.15) is 0 Å². The van der Waals surface area contributed by atoms with E-state index in [1.807, 2.05) is 21.1 Å². The van der Waals surface area contributed by atoms with Crippen LogP contribution in [-0.4, -0.2) is 75.1 Å². The lowest BCUT2D eigenvalue weighted by Gasteiger charge is -2.29. The van der Waals surface area contributed by atoms with Gasteiger partial charge in [0, 0.05) is 13.5 Å².